The second-order valence-corrected chi connectivity index (χ2v) is 5.09. The first-order chi connectivity index (χ1) is 8.07. The average Bonchev–Trinajstić information content (AvgIpc) is 2.28. The Balaban J connectivity index is 2.49. The summed E-state index contributed by atoms with van der Waals surface area (Å²) in [5, 5.41) is 7.05. The molecule has 0 radical (unpaired) electrons. The molecule has 1 aliphatic rings. The minimum Gasteiger partial charge on any atom is -0.496 e. The molecule has 0 amide bonds. The molecule has 1 aliphatic heterocycles. The fourth-order valence-electron chi connectivity index (χ4n) is 2.80. The predicted molar refractivity (Wildman–Crippen MR) is 70.7 cm³/mol. The van der Waals surface area contributed by atoms with Crippen molar-refractivity contribution in [1.29, 1.82) is 0 Å². The number of benzene rings is 1. The standard InChI is InChI=1S/C14H22N2O/c1-10-7-11(2)13(12(8-10)17-4)14(3)9-15-5-6-16-14/h7-8,15-16H,5-6,9H2,1-4H3. The van der Waals surface area contributed by atoms with E-state index in [-0.39, 0.29) is 5.54 Å². The van der Waals surface area contributed by atoms with E-state index in [0.717, 1.165) is 25.4 Å². The van der Waals surface area contributed by atoms with Gasteiger partial charge in [0.25, 0.3) is 0 Å². The van der Waals surface area contributed by atoms with Gasteiger partial charge in [-0.1, -0.05) is 6.07 Å². The summed E-state index contributed by atoms with van der Waals surface area (Å²) in [4.78, 5) is 0. The summed E-state index contributed by atoms with van der Waals surface area (Å²) in [5.41, 5.74) is 3.77. The van der Waals surface area contributed by atoms with E-state index in [1.165, 1.54) is 16.7 Å². The van der Waals surface area contributed by atoms with Crippen molar-refractivity contribution in [3.05, 3.63) is 28.8 Å². The second kappa shape index (κ2) is 4.67. The van der Waals surface area contributed by atoms with Crippen molar-refractivity contribution in [3.63, 3.8) is 0 Å². The molecule has 3 nitrogen and oxygen atoms in total. The molecule has 1 aromatic rings. The smallest absolute Gasteiger partial charge is 0.124 e. The molecule has 17 heavy (non-hydrogen) atoms. The second-order valence-electron chi connectivity index (χ2n) is 5.09. The van der Waals surface area contributed by atoms with Crippen molar-refractivity contribution < 1.29 is 4.74 Å². The lowest BCUT2D eigenvalue weighted by atomic mass is 9.85. The minimum absolute atomic E-state index is 0.0403. The lowest BCUT2D eigenvalue weighted by Crippen LogP contribution is -2.55. The van der Waals surface area contributed by atoms with Gasteiger partial charge in [-0.05, 0) is 38.0 Å². The maximum absolute atomic E-state index is 5.56. The molecule has 0 aliphatic carbocycles. The molecule has 2 N–H and O–H groups in total. The third kappa shape index (κ3) is 2.31. The first-order valence-corrected chi connectivity index (χ1v) is 6.18. The SMILES string of the molecule is COc1cc(C)cc(C)c1C1(C)CNCCN1. The maximum Gasteiger partial charge on any atom is 0.124 e. The Morgan fingerprint density at radius 3 is 2.59 bits per heavy atom. The van der Waals surface area contributed by atoms with Crippen LogP contribution in [0.25, 0.3) is 0 Å². The van der Waals surface area contributed by atoms with E-state index >= 15 is 0 Å². The Hall–Kier alpha value is -1.06. The molecule has 0 bridgehead atoms. The van der Waals surface area contributed by atoms with Crippen LogP contribution in [0.4, 0.5) is 0 Å². The third-order valence-corrected chi connectivity index (χ3v) is 3.51. The summed E-state index contributed by atoms with van der Waals surface area (Å²) in [6, 6.07) is 4.34. The fourth-order valence-corrected chi connectivity index (χ4v) is 2.80. The van der Waals surface area contributed by atoms with Gasteiger partial charge >= 0.3 is 0 Å². The van der Waals surface area contributed by atoms with E-state index in [1.54, 1.807) is 7.11 Å². The molecule has 1 unspecified atom stereocenters. The molecule has 94 valence electrons. The van der Waals surface area contributed by atoms with Crippen LogP contribution in [0.2, 0.25) is 0 Å². The van der Waals surface area contributed by atoms with Gasteiger partial charge in [0.15, 0.2) is 0 Å². The summed E-state index contributed by atoms with van der Waals surface area (Å²) >= 11 is 0. The van der Waals surface area contributed by atoms with Crippen molar-refractivity contribution in [1.82, 2.24) is 10.6 Å². The van der Waals surface area contributed by atoms with Crippen LogP contribution in [-0.4, -0.2) is 26.7 Å². The number of aryl methyl sites for hydroxylation is 2. The lowest BCUT2D eigenvalue weighted by molar-refractivity contribution is 0.288. The topological polar surface area (TPSA) is 33.3 Å². The number of nitrogens with one attached hydrogen (secondary N) is 2. The Labute approximate surface area is 104 Å². The van der Waals surface area contributed by atoms with Crippen molar-refractivity contribution in [2.45, 2.75) is 26.3 Å². The zero-order valence-electron chi connectivity index (χ0n) is 11.2. The van der Waals surface area contributed by atoms with Gasteiger partial charge in [-0.25, -0.2) is 0 Å². The Kier molecular flexibility index (Phi) is 3.40. The van der Waals surface area contributed by atoms with Gasteiger partial charge in [-0.3, -0.25) is 0 Å². The normalized spacial score (nSPS) is 24.7. The summed E-state index contributed by atoms with van der Waals surface area (Å²) in [6.07, 6.45) is 0. The van der Waals surface area contributed by atoms with Crippen LogP contribution in [0.1, 0.15) is 23.6 Å². The largest absolute Gasteiger partial charge is 0.496 e. The van der Waals surface area contributed by atoms with Gasteiger partial charge in [0.2, 0.25) is 0 Å². The number of ether oxygens (including phenoxy) is 1. The van der Waals surface area contributed by atoms with Crippen molar-refractivity contribution in [3.8, 4) is 5.75 Å². The molecule has 1 aromatic carbocycles. The molecule has 0 spiro atoms. The Bertz CT molecular complexity index is 409. The van der Waals surface area contributed by atoms with Crippen molar-refractivity contribution in [2.75, 3.05) is 26.7 Å². The zero-order valence-corrected chi connectivity index (χ0v) is 11.2. The quantitative estimate of drug-likeness (QED) is 0.817. The van der Waals surface area contributed by atoms with Gasteiger partial charge < -0.3 is 15.4 Å². The highest BCUT2D eigenvalue weighted by molar-refractivity contribution is 5.47. The number of hydrogen-bond acceptors (Lipinski definition) is 3. The van der Waals surface area contributed by atoms with Crippen LogP contribution in [0.3, 0.4) is 0 Å². The van der Waals surface area contributed by atoms with Gasteiger partial charge in [0.1, 0.15) is 5.75 Å². The molecule has 3 heteroatoms. The summed E-state index contributed by atoms with van der Waals surface area (Å²) < 4.78 is 5.56. The van der Waals surface area contributed by atoms with E-state index in [9.17, 15) is 0 Å². The zero-order chi connectivity index (χ0) is 12.5. The van der Waals surface area contributed by atoms with Gasteiger partial charge in [-0.15, -0.1) is 0 Å². The number of methoxy groups -OCH3 is 1. The molecule has 1 fully saturated rings. The monoisotopic (exact) mass is 234 g/mol. The van der Waals surface area contributed by atoms with Crippen molar-refractivity contribution >= 4 is 0 Å². The van der Waals surface area contributed by atoms with E-state index in [4.69, 9.17) is 4.74 Å². The van der Waals surface area contributed by atoms with Crippen LogP contribution in [0, 0.1) is 13.8 Å². The van der Waals surface area contributed by atoms with Crippen molar-refractivity contribution in [2.24, 2.45) is 0 Å². The number of hydrogen-bond donors (Lipinski definition) is 2. The number of piperazine rings is 1. The van der Waals surface area contributed by atoms with Crippen LogP contribution in [0.15, 0.2) is 12.1 Å². The maximum atomic E-state index is 5.56. The molecule has 2 rings (SSSR count). The summed E-state index contributed by atoms with van der Waals surface area (Å²) in [7, 11) is 1.75. The summed E-state index contributed by atoms with van der Waals surface area (Å²) in [6.45, 7) is 9.46. The number of rotatable bonds is 2. The lowest BCUT2D eigenvalue weighted by Gasteiger charge is -2.38. The molecule has 1 saturated heterocycles. The Morgan fingerprint density at radius 1 is 1.24 bits per heavy atom. The molecule has 0 saturated carbocycles. The van der Waals surface area contributed by atoms with E-state index in [2.05, 4.69) is 43.5 Å². The van der Waals surface area contributed by atoms with Crippen LogP contribution >= 0.6 is 0 Å². The van der Waals surface area contributed by atoms with Crippen LogP contribution in [-0.2, 0) is 5.54 Å². The summed E-state index contributed by atoms with van der Waals surface area (Å²) in [5.74, 6) is 0.987. The first-order valence-electron chi connectivity index (χ1n) is 6.18. The van der Waals surface area contributed by atoms with Gasteiger partial charge in [-0.2, -0.15) is 0 Å². The highest BCUT2D eigenvalue weighted by Crippen LogP contribution is 2.34. The highest BCUT2D eigenvalue weighted by atomic mass is 16.5. The average molecular weight is 234 g/mol. The third-order valence-electron chi connectivity index (χ3n) is 3.51. The molecule has 0 aromatic heterocycles. The molecule has 1 heterocycles. The first kappa shape index (κ1) is 12.4. The minimum atomic E-state index is -0.0403. The molecule has 1 atom stereocenters. The fraction of sp³-hybridized carbons (Fsp3) is 0.571. The highest BCUT2D eigenvalue weighted by Gasteiger charge is 2.32. The Morgan fingerprint density at radius 2 is 2.00 bits per heavy atom. The van der Waals surface area contributed by atoms with Crippen LogP contribution in [0.5, 0.6) is 5.75 Å². The van der Waals surface area contributed by atoms with E-state index in [0.29, 0.717) is 0 Å². The van der Waals surface area contributed by atoms with Gasteiger partial charge in [0.05, 0.1) is 12.6 Å². The predicted octanol–water partition coefficient (Wildman–Crippen LogP) is 1.72. The van der Waals surface area contributed by atoms with Gasteiger partial charge in [0, 0.05) is 25.2 Å². The van der Waals surface area contributed by atoms with Crippen LogP contribution < -0.4 is 15.4 Å². The molecular weight excluding hydrogens is 212 g/mol. The van der Waals surface area contributed by atoms with E-state index < -0.39 is 0 Å². The van der Waals surface area contributed by atoms with E-state index in [1.807, 2.05) is 0 Å². The molecular formula is C14H22N2O.